The average Bonchev–Trinajstić information content (AvgIpc) is 2.50. The van der Waals surface area contributed by atoms with E-state index in [4.69, 9.17) is 0 Å². The Morgan fingerprint density at radius 2 is 1.79 bits per heavy atom. The zero-order valence-corrected chi connectivity index (χ0v) is 15.3. The molecule has 0 spiro atoms. The molecule has 1 N–H and O–H groups in total. The lowest BCUT2D eigenvalue weighted by atomic mass is 10.1. The fourth-order valence-corrected chi connectivity index (χ4v) is 2.68. The smallest absolute Gasteiger partial charge is 0.257 e. The molecule has 24 heavy (non-hydrogen) atoms. The zero-order chi connectivity index (χ0) is 17.9. The molecule has 126 valence electrons. The number of hydrogen-bond acceptors (Lipinski definition) is 2. The topological polar surface area (TPSA) is 49.4 Å². The summed E-state index contributed by atoms with van der Waals surface area (Å²) in [4.78, 5) is 25.7. The Morgan fingerprint density at radius 1 is 1.17 bits per heavy atom. The van der Waals surface area contributed by atoms with Crippen molar-refractivity contribution in [2.24, 2.45) is 0 Å². The maximum absolute atomic E-state index is 13.9. The number of amides is 2. The van der Waals surface area contributed by atoms with Crippen LogP contribution in [0.15, 0.2) is 40.9 Å². The molecule has 2 aromatic carbocycles. The summed E-state index contributed by atoms with van der Waals surface area (Å²) in [6.45, 7) is 3.63. The predicted molar refractivity (Wildman–Crippen MR) is 95.6 cm³/mol. The summed E-state index contributed by atoms with van der Waals surface area (Å²) < 4.78 is 14.4. The van der Waals surface area contributed by atoms with Crippen molar-refractivity contribution in [1.82, 2.24) is 4.90 Å². The number of benzene rings is 2. The zero-order valence-electron chi connectivity index (χ0n) is 13.7. The summed E-state index contributed by atoms with van der Waals surface area (Å²) in [5.41, 5.74) is 2.55. The summed E-state index contributed by atoms with van der Waals surface area (Å²) in [5.74, 6) is -1.51. The number of likely N-dealkylation sites (N-methyl/N-ethyl adjacent to an activating group) is 1. The van der Waals surface area contributed by atoms with E-state index in [1.54, 1.807) is 6.07 Å². The fraction of sp³-hybridized carbons (Fsp3) is 0.222. The number of para-hydroxylation sites is 1. The van der Waals surface area contributed by atoms with Gasteiger partial charge in [-0.1, -0.05) is 34.1 Å². The Hall–Kier alpha value is -2.21. The van der Waals surface area contributed by atoms with E-state index in [0.29, 0.717) is 4.47 Å². The van der Waals surface area contributed by atoms with Gasteiger partial charge in [-0.2, -0.15) is 0 Å². The van der Waals surface area contributed by atoms with Gasteiger partial charge in [0.2, 0.25) is 5.91 Å². The van der Waals surface area contributed by atoms with Crippen LogP contribution in [0.3, 0.4) is 0 Å². The molecule has 0 saturated heterocycles. The number of rotatable bonds is 4. The van der Waals surface area contributed by atoms with E-state index in [2.05, 4.69) is 21.2 Å². The molecular weight excluding hydrogens is 375 g/mol. The average molecular weight is 393 g/mol. The SMILES string of the molecule is Cc1cccc(C)c1NC(=O)CN(C)C(=O)c1ccc(Br)cc1F. The van der Waals surface area contributed by atoms with Crippen LogP contribution in [0.2, 0.25) is 0 Å². The summed E-state index contributed by atoms with van der Waals surface area (Å²) >= 11 is 3.14. The lowest BCUT2D eigenvalue weighted by Crippen LogP contribution is -2.35. The van der Waals surface area contributed by atoms with Crippen molar-refractivity contribution in [1.29, 1.82) is 0 Å². The molecule has 0 heterocycles. The molecule has 0 aromatic heterocycles. The second-order valence-corrected chi connectivity index (χ2v) is 6.52. The molecule has 0 radical (unpaired) electrons. The van der Waals surface area contributed by atoms with E-state index in [1.807, 2.05) is 32.0 Å². The number of carbonyl (C=O) groups excluding carboxylic acids is 2. The molecule has 0 unspecified atom stereocenters. The minimum Gasteiger partial charge on any atom is -0.332 e. The molecular formula is C18H18BrFN2O2. The van der Waals surface area contributed by atoms with Gasteiger partial charge in [0, 0.05) is 17.2 Å². The van der Waals surface area contributed by atoms with Gasteiger partial charge < -0.3 is 10.2 Å². The van der Waals surface area contributed by atoms with Crippen molar-refractivity contribution in [3.8, 4) is 0 Å². The highest BCUT2D eigenvalue weighted by Crippen LogP contribution is 2.20. The number of anilines is 1. The number of nitrogens with one attached hydrogen (secondary N) is 1. The Kier molecular flexibility index (Phi) is 5.72. The second-order valence-electron chi connectivity index (χ2n) is 5.60. The Bertz CT molecular complexity index is 772. The van der Waals surface area contributed by atoms with Crippen LogP contribution in [0.25, 0.3) is 0 Å². The molecule has 6 heteroatoms. The molecule has 2 amide bonds. The van der Waals surface area contributed by atoms with Gasteiger partial charge in [0.1, 0.15) is 5.82 Å². The molecule has 0 saturated carbocycles. The van der Waals surface area contributed by atoms with Gasteiger partial charge in [-0.15, -0.1) is 0 Å². The van der Waals surface area contributed by atoms with Gasteiger partial charge in [-0.25, -0.2) is 4.39 Å². The highest BCUT2D eigenvalue weighted by Gasteiger charge is 2.19. The predicted octanol–water partition coefficient (Wildman–Crippen LogP) is 3.92. The van der Waals surface area contributed by atoms with Crippen LogP contribution in [0.5, 0.6) is 0 Å². The molecule has 2 rings (SSSR count). The molecule has 2 aromatic rings. The van der Waals surface area contributed by atoms with Crippen molar-refractivity contribution < 1.29 is 14.0 Å². The van der Waals surface area contributed by atoms with Crippen LogP contribution in [0.4, 0.5) is 10.1 Å². The van der Waals surface area contributed by atoms with Crippen LogP contribution in [0, 0.1) is 19.7 Å². The van der Waals surface area contributed by atoms with Gasteiger partial charge in [0.25, 0.3) is 5.91 Å². The third-order valence-electron chi connectivity index (χ3n) is 3.63. The maximum Gasteiger partial charge on any atom is 0.257 e. The second kappa shape index (κ2) is 7.57. The minimum absolute atomic E-state index is 0.0689. The van der Waals surface area contributed by atoms with Crippen molar-refractivity contribution in [2.45, 2.75) is 13.8 Å². The Morgan fingerprint density at radius 3 is 2.38 bits per heavy atom. The van der Waals surface area contributed by atoms with E-state index in [-0.39, 0.29) is 18.0 Å². The van der Waals surface area contributed by atoms with Crippen molar-refractivity contribution in [2.75, 3.05) is 18.9 Å². The van der Waals surface area contributed by atoms with E-state index < -0.39 is 11.7 Å². The van der Waals surface area contributed by atoms with Gasteiger partial charge >= 0.3 is 0 Å². The summed E-state index contributed by atoms with van der Waals surface area (Å²) in [6.07, 6.45) is 0. The number of nitrogens with zero attached hydrogens (tertiary/aromatic N) is 1. The minimum atomic E-state index is -0.628. The number of hydrogen-bond donors (Lipinski definition) is 1. The highest BCUT2D eigenvalue weighted by molar-refractivity contribution is 9.10. The number of halogens is 2. The van der Waals surface area contributed by atoms with Gasteiger partial charge in [0.15, 0.2) is 0 Å². The summed E-state index contributed by atoms with van der Waals surface area (Å²) in [7, 11) is 1.47. The molecule has 4 nitrogen and oxygen atoms in total. The lowest BCUT2D eigenvalue weighted by molar-refractivity contribution is -0.116. The van der Waals surface area contributed by atoms with Gasteiger partial charge in [0.05, 0.1) is 12.1 Å². The third kappa shape index (κ3) is 4.20. The Balaban J connectivity index is 2.07. The molecule has 0 aliphatic heterocycles. The number of carbonyl (C=O) groups is 2. The Labute approximate surface area is 148 Å². The normalized spacial score (nSPS) is 10.4. The molecule has 0 bridgehead atoms. The van der Waals surface area contributed by atoms with Crippen LogP contribution >= 0.6 is 15.9 Å². The quantitative estimate of drug-likeness (QED) is 0.856. The monoisotopic (exact) mass is 392 g/mol. The number of aryl methyl sites for hydroxylation is 2. The first-order chi connectivity index (χ1) is 11.3. The lowest BCUT2D eigenvalue weighted by Gasteiger charge is -2.18. The van der Waals surface area contributed by atoms with Crippen molar-refractivity contribution in [3.63, 3.8) is 0 Å². The van der Waals surface area contributed by atoms with Crippen LogP contribution in [-0.4, -0.2) is 30.3 Å². The third-order valence-corrected chi connectivity index (χ3v) is 4.13. The van der Waals surface area contributed by atoms with E-state index in [1.165, 1.54) is 24.1 Å². The first-order valence-corrected chi connectivity index (χ1v) is 8.15. The van der Waals surface area contributed by atoms with Gasteiger partial charge in [-0.3, -0.25) is 9.59 Å². The van der Waals surface area contributed by atoms with Crippen LogP contribution in [-0.2, 0) is 4.79 Å². The largest absolute Gasteiger partial charge is 0.332 e. The summed E-state index contributed by atoms with van der Waals surface area (Å²) in [5, 5.41) is 2.81. The first-order valence-electron chi connectivity index (χ1n) is 7.36. The van der Waals surface area contributed by atoms with Crippen LogP contribution in [0.1, 0.15) is 21.5 Å². The molecule has 0 atom stereocenters. The molecule has 0 fully saturated rings. The van der Waals surface area contributed by atoms with E-state index in [9.17, 15) is 14.0 Å². The van der Waals surface area contributed by atoms with Crippen molar-refractivity contribution in [3.05, 3.63) is 63.4 Å². The van der Waals surface area contributed by atoms with Gasteiger partial charge in [-0.05, 0) is 43.2 Å². The van der Waals surface area contributed by atoms with Crippen molar-refractivity contribution >= 4 is 33.4 Å². The molecule has 0 aliphatic carbocycles. The standard InChI is InChI=1S/C18H18BrFN2O2/c1-11-5-4-6-12(2)17(11)21-16(23)10-22(3)18(24)14-8-7-13(19)9-15(14)20/h4-9H,10H2,1-3H3,(H,21,23). The van der Waals surface area contributed by atoms with E-state index in [0.717, 1.165) is 16.8 Å². The maximum atomic E-state index is 13.9. The first kappa shape index (κ1) is 18.1. The highest BCUT2D eigenvalue weighted by atomic mass is 79.9. The summed E-state index contributed by atoms with van der Waals surface area (Å²) in [6, 6.07) is 9.90. The fourth-order valence-electron chi connectivity index (χ4n) is 2.35. The van der Waals surface area contributed by atoms with Crippen LogP contribution < -0.4 is 5.32 Å². The molecule has 0 aliphatic rings. The van der Waals surface area contributed by atoms with E-state index >= 15 is 0 Å².